The molecule has 3 rings (SSSR count). The summed E-state index contributed by atoms with van der Waals surface area (Å²) in [4.78, 5) is 11.4. The maximum Gasteiger partial charge on any atom is 0.225 e. The molecule has 4 nitrogen and oxygen atoms in total. The van der Waals surface area contributed by atoms with Gasteiger partial charge in [-0.15, -0.1) is 0 Å². The van der Waals surface area contributed by atoms with Crippen LogP contribution in [0.4, 0.5) is 5.95 Å². The summed E-state index contributed by atoms with van der Waals surface area (Å²) in [6.07, 6.45) is 10.4. The first-order valence-corrected chi connectivity index (χ1v) is 7.14. The van der Waals surface area contributed by atoms with Gasteiger partial charge in [-0.2, -0.15) is 0 Å². The van der Waals surface area contributed by atoms with E-state index in [9.17, 15) is 0 Å². The van der Waals surface area contributed by atoms with Crippen LogP contribution >= 0.6 is 0 Å². The van der Waals surface area contributed by atoms with Crippen molar-refractivity contribution in [2.24, 2.45) is 11.7 Å². The highest BCUT2D eigenvalue weighted by molar-refractivity contribution is 5.32. The third kappa shape index (κ3) is 2.34. The van der Waals surface area contributed by atoms with Crippen LogP contribution in [0.3, 0.4) is 0 Å². The Morgan fingerprint density at radius 1 is 1.22 bits per heavy atom. The molecule has 98 valence electrons. The van der Waals surface area contributed by atoms with Crippen molar-refractivity contribution in [2.75, 3.05) is 24.5 Å². The van der Waals surface area contributed by atoms with Crippen LogP contribution < -0.4 is 10.6 Å². The highest BCUT2D eigenvalue weighted by Crippen LogP contribution is 2.35. The van der Waals surface area contributed by atoms with Crippen LogP contribution in [-0.4, -0.2) is 29.6 Å². The Hall–Kier alpha value is -1.16. The normalized spacial score (nSPS) is 24.3. The summed E-state index contributed by atoms with van der Waals surface area (Å²) in [5, 5.41) is 0. The smallest absolute Gasteiger partial charge is 0.225 e. The van der Waals surface area contributed by atoms with Crippen LogP contribution in [0.1, 0.15) is 43.6 Å². The molecule has 1 aromatic heterocycles. The molecular formula is C14H22N4. The molecule has 18 heavy (non-hydrogen) atoms. The average molecular weight is 246 g/mol. The molecule has 1 saturated carbocycles. The minimum atomic E-state index is 0.725. The molecule has 1 aliphatic carbocycles. The van der Waals surface area contributed by atoms with Crippen LogP contribution in [0, 0.1) is 5.92 Å². The third-order valence-corrected chi connectivity index (χ3v) is 4.38. The summed E-state index contributed by atoms with van der Waals surface area (Å²) in [5.41, 5.74) is 6.94. The topological polar surface area (TPSA) is 55.0 Å². The Morgan fingerprint density at radius 3 is 2.61 bits per heavy atom. The summed E-state index contributed by atoms with van der Waals surface area (Å²) in [6.45, 7) is 2.94. The summed E-state index contributed by atoms with van der Waals surface area (Å²) in [5.74, 6) is 2.35. The number of hydrogen-bond acceptors (Lipinski definition) is 4. The van der Waals surface area contributed by atoms with Gasteiger partial charge in [0.1, 0.15) is 0 Å². The van der Waals surface area contributed by atoms with Crippen molar-refractivity contribution in [3.05, 3.63) is 18.0 Å². The Balaban J connectivity index is 1.62. The molecule has 1 unspecified atom stereocenters. The van der Waals surface area contributed by atoms with E-state index in [0.717, 1.165) is 43.8 Å². The van der Waals surface area contributed by atoms with Gasteiger partial charge in [0.2, 0.25) is 5.95 Å². The lowest BCUT2D eigenvalue weighted by Gasteiger charge is -2.25. The lowest BCUT2D eigenvalue weighted by Crippen LogP contribution is -2.23. The molecule has 2 N–H and O–H groups in total. The van der Waals surface area contributed by atoms with Gasteiger partial charge in [0, 0.05) is 25.5 Å². The molecule has 0 spiro atoms. The van der Waals surface area contributed by atoms with Crippen LogP contribution in [0.2, 0.25) is 0 Å². The molecule has 2 fully saturated rings. The maximum atomic E-state index is 5.62. The summed E-state index contributed by atoms with van der Waals surface area (Å²) in [7, 11) is 0. The molecule has 2 heterocycles. The van der Waals surface area contributed by atoms with Crippen LogP contribution in [0.15, 0.2) is 12.4 Å². The van der Waals surface area contributed by atoms with Crippen LogP contribution in [-0.2, 0) is 0 Å². The van der Waals surface area contributed by atoms with Crippen molar-refractivity contribution >= 4 is 5.95 Å². The molecule has 4 heteroatoms. The van der Waals surface area contributed by atoms with Crippen molar-refractivity contribution in [3.8, 4) is 0 Å². The zero-order chi connectivity index (χ0) is 12.4. The van der Waals surface area contributed by atoms with E-state index >= 15 is 0 Å². The number of anilines is 1. The van der Waals surface area contributed by atoms with Gasteiger partial charge in [-0.1, -0.05) is 6.42 Å². The summed E-state index contributed by atoms with van der Waals surface area (Å²) in [6, 6.07) is 0. The Morgan fingerprint density at radius 2 is 2.00 bits per heavy atom. The Bertz CT molecular complexity index is 385. The van der Waals surface area contributed by atoms with Gasteiger partial charge in [-0.3, -0.25) is 0 Å². The molecule has 1 aromatic rings. The molecule has 1 aliphatic heterocycles. The lowest BCUT2D eigenvalue weighted by atomic mass is 9.81. The van der Waals surface area contributed by atoms with Crippen molar-refractivity contribution in [1.29, 1.82) is 0 Å². The molecule has 0 amide bonds. The predicted molar refractivity (Wildman–Crippen MR) is 72.6 cm³/mol. The zero-order valence-electron chi connectivity index (χ0n) is 10.9. The highest BCUT2D eigenvalue weighted by Gasteiger charge is 2.24. The first-order chi connectivity index (χ1) is 8.86. The first-order valence-electron chi connectivity index (χ1n) is 7.14. The van der Waals surface area contributed by atoms with Crippen molar-refractivity contribution < 1.29 is 0 Å². The van der Waals surface area contributed by atoms with Crippen LogP contribution in [0.5, 0.6) is 0 Å². The van der Waals surface area contributed by atoms with Crippen LogP contribution in [0.25, 0.3) is 0 Å². The van der Waals surface area contributed by atoms with Gasteiger partial charge in [0.25, 0.3) is 0 Å². The van der Waals surface area contributed by atoms with E-state index in [1.807, 2.05) is 12.4 Å². The van der Waals surface area contributed by atoms with Gasteiger partial charge in [0.05, 0.1) is 0 Å². The minimum absolute atomic E-state index is 0.725. The molecule has 0 aromatic carbocycles. The molecular weight excluding hydrogens is 224 g/mol. The molecule has 2 aliphatic rings. The number of nitrogens with zero attached hydrogens (tertiary/aromatic N) is 3. The van der Waals surface area contributed by atoms with Gasteiger partial charge < -0.3 is 10.6 Å². The van der Waals surface area contributed by atoms with E-state index in [-0.39, 0.29) is 0 Å². The van der Waals surface area contributed by atoms with E-state index < -0.39 is 0 Å². The minimum Gasteiger partial charge on any atom is -0.341 e. The zero-order valence-corrected chi connectivity index (χ0v) is 10.9. The van der Waals surface area contributed by atoms with E-state index in [0.29, 0.717) is 0 Å². The van der Waals surface area contributed by atoms with Gasteiger partial charge in [-0.25, -0.2) is 9.97 Å². The second-order valence-corrected chi connectivity index (χ2v) is 5.62. The Labute approximate surface area is 109 Å². The van der Waals surface area contributed by atoms with E-state index in [2.05, 4.69) is 14.9 Å². The molecule has 0 bridgehead atoms. The fourth-order valence-corrected chi connectivity index (χ4v) is 2.93. The monoisotopic (exact) mass is 246 g/mol. The summed E-state index contributed by atoms with van der Waals surface area (Å²) >= 11 is 0. The van der Waals surface area contributed by atoms with Gasteiger partial charge >= 0.3 is 0 Å². The van der Waals surface area contributed by atoms with Gasteiger partial charge in [0.15, 0.2) is 0 Å². The second kappa shape index (κ2) is 5.22. The predicted octanol–water partition coefficient (Wildman–Crippen LogP) is 1.92. The van der Waals surface area contributed by atoms with Crippen molar-refractivity contribution in [3.63, 3.8) is 0 Å². The number of nitrogens with two attached hydrogens (primary N) is 1. The fraction of sp³-hybridized carbons (Fsp3) is 0.714. The largest absolute Gasteiger partial charge is 0.341 e. The van der Waals surface area contributed by atoms with E-state index in [1.165, 1.54) is 31.2 Å². The van der Waals surface area contributed by atoms with Gasteiger partial charge in [-0.05, 0) is 49.6 Å². The third-order valence-electron chi connectivity index (χ3n) is 4.38. The number of rotatable bonds is 4. The second-order valence-electron chi connectivity index (χ2n) is 5.62. The van der Waals surface area contributed by atoms with E-state index in [1.54, 1.807) is 0 Å². The fourth-order valence-electron chi connectivity index (χ4n) is 2.93. The molecule has 1 atom stereocenters. The SMILES string of the molecule is NCCC1CCN(c2ncc(C3CCC3)cn2)C1. The quantitative estimate of drug-likeness (QED) is 0.882. The van der Waals surface area contributed by atoms with E-state index in [4.69, 9.17) is 5.73 Å². The number of hydrogen-bond donors (Lipinski definition) is 1. The summed E-state index contributed by atoms with van der Waals surface area (Å²) < 4.78 is 0. The van der Waals surface area contributed by atoms with Crippen molar-refractivity contribution in [1.82, 2.24) is 9.97 Å². The molecule has 0 radical (unpaired) electrons. The standard InChI is InChI=1S/C14H22N4/c15-6-4-11-5-7-18(10-11)14-16-8-13(9-17-14)12-2-1-3-12/h8-9,11-12H,1-7,10,15H2. The average Bonchev–Trinajstić information content (AvgIpc) is 2.77. The highest BCUT2D eigenvalue weighted by atomic mass is 15.3. The maximum absolute atomic E-state index is 5.62. The lowest BCUT2D eigenvalue weighted by molar-refractivity contribution is 0.417. The number of aromatic nitrogens is 2. The Kier molecular flexibility index (Phi) is 3.46. The molecule has 1 saturated heterocycles. The van der Waals surface area contributed by atoms with Crippen molar-refractivity contribution in [2.45, 2.75) is 38.0 Å². The first kappa shape index (κ1) is 11.9.